The van der Waals surface area contributed by atoms with Gasteiger partial charge in [0.15, 0.2) is 0 Å². The Balaban J connectivity index is 1.42. The molecule has 2 aliphatic rings. The van der Waals surface area contributed by atoms with Gasteiger partial charge in [-0.1, -0.05) is 31.5 Å². The quantitative estimate of drug-likeness (QED) is 0.757. The van der Waals surface area contributed by atoms with Crippen molar-refractivity contribution in [3.05, 3.63) is 34.6 Å². The molecule has 7 heteroatoms. The van der Waals surface area contributed by atoms with Crippen LogP contribution in [0.2, 0.25) is 5.02 Å². The van der Waals surface area contributed by atoms with E-state index in [1.54, 1.807) is 0 Å². The molecule has 2 aliphatic heterocycles. The highest BCUT2D eigenvalue weighted by Gasteiger charge is 2.43. The zero-order chi connectivity index (χ0) is 21.0. The summed E-state index contributed by atoms with van der Waals surface area (Å²) >= 11 is 5.99. The number of nitrogens with zero attached hydrogens (tertiary/aromatic N) is 1. The number of carbonyl (C=O) groups excluding carboxylic acids is 2. The van der Waals surface area contributed by atoms with E-state index in [1.165, 1.54) is 18.2 Å². The van der Waals surface area contributed by atoms with Crippen molar-refractivity contribution in [2.45, 2.75) is 64.1 Å². The van der Waals surface area contributed by atoms with Crippen LogP contribution in [0.4, 0.5) is 4.39 Å². The van der Waals surface area contributed by atoms with E-state index in [1.807, 2.05) is 4.90 Å². The summed E-state index contributed by atoms with van der Waals surface area (Å²) in [5.41, 5.74) is 0.442. The highest BCUT2D eigenvalue weighted by Crippen LogP contribution is 2.38. The lowest BCUT2D eigenvalue weighted by Gasteiger charge is -2.39. The summed E-state index contributed by atoms with van der Waals surface area (Å²) in [7, 11) is 0. The van der Waals surface area contributed by atoms with Crippen LogP contribution in [0, 0.1) is 11.7 Å². The van der Waals surface area contributed by atoms with E-state index in [2.05, 4.69) is 19.2 Å². The summed E-state index contributed by atoms with van der Waals surface area (Å²) in [6.07, 6.45) is 4.27. The number of amides is 2. The van der Waals surface area contributed by atoms with Gasteiger partial charge in [0.25, 0.3) is 0 Å². The van der Waals surface area contributed by atoms with Gasteiger partial charge in [0.05, 0.1) is 18.1 Å². The molecular weight excluding hydrogens is 395 g/mol. The molecule has 1 atom stereocenters. The molecule has 160 valence electrons. The van der Waals surface area contributed by atoms with E-state index in [4.69, 9.17) is 16.3 Å². The number of nitrogens with one attached hydrogen (secondary N) is 1. The number of ether oxygens (including phenoxy) is 1. The molecule has 1 aromatic carbocycles. The second kappa shape index (κ2) is 9.43. The molecule has 1 unspecified atom stereocenters. The first-order valence-corrected chi connectivity index (χ1v) is 10.8. The maximum Gasteiger partial charge on any atom is 0.224 e. The molecule has 0 aromatic heterocycles. The van der Waals surface area contributed by atoms with E-state index < -0.39 is 5.82 Å². The molecule has 0 aliphatic carbocycles. The van der Waals surface area contributed by atoms with Crippen molar-refractivity contribution in [3.63, 3.8) is 0 Å². The predicted octanol–water partition coefficient (Wildman–Crippen LogP) is 3.72. The molecule has 1 N–H and O–H groups in total. The summed E-state index contributed by atoms with van der Waals surface area (Å²) in [5.74, 6) is 0.0351. The van der Waals surface area contributed by atoms with Gasteiger partial charge in [0, 0.05) is 31.1 Å². The van der Waals surface area contributed by atoms with Gasteiger partial charge in [0.2, 0.25) is 11.8 Å². The number of hydrogen-bond donors (Lipinski definition) is 1. The molecule has 29 heavy (non-hydrogen) atoms. The highest BCUT2D eigenvalue weighted by molar-refractivity contribution is 6.31. The van der Waals surface area contributed by atoms with Gasteiger partial charge in [-0.3, -0.25) is 9.59 Å². The van der Waals surface area contributed by atoms with E-state index in [0.29, 0.717) is 24.4 Å². The van der Waals surface area contributed by atoms with E-state index in [0.717, 1.165) is 38.8 Å². The summed E-state index contributed by atoms with van der Waals surface area (Å²) < 4.78 is 19.4. The van der Waals surface area contributed by atoms with Crippen molar-refractivity contribution in [2.24, 2.45) is 5.92 Å². The molecule has 3 rings (SSSR count). The number of rotatable bonds is 6. The fourth-order valence-electron chi connectivity index (χ4n) is 4.18. The molecule has 2 fully saturated rings. The average molecular weight is 425 g/mol. The third-order valence-corrected chi connectivity index (χ3v) is 6.19. The summed E-state index contributed by atoms with van der Waals surface area (Å²) in [4.78, 5) is 26.4. The molecule has 2 saturated heterocycles. The number of hydrogen-bond acceptors (Lipinski definition) is 3. The van der Waals surface area contributed by atoms with Gasteiger partial charge in [-0.2, -0.15) is 0 Å². The topological polar surface area (TPSA) is 58.6 Å². The molecular formula is C22H30ClFN2O3. The Kier molecular flexibility index (Phi) is 7.17. The van der Waals surface area contributed by atoms with Crippen LogP contribution >= 0.6 is 11.6 Å². The zero-order valence-electron chi connectivity index (χ0n) is 17.2. The van der Waals surface area contributed by atoms with Gasteiger partial charge in [-0.15, -0.1) is 0 Å². The summed E-state index contributed by atoms with van der Waals surface area (Å²) in [6.45, 7) is 6.06. The van der Waals surface area contributed by atoms with Crippen molar-refractivity contribution >= 4 is 23.4 Å². The van der Waals surface area contributed by atoms with Gasteiger partial charge in [-0.25, -0.2) is 4.39 Å². The van der Waals surface area contributed by atoms with Crippen LogP contribution in [0.5, 0.6) is 0 Å². The van der Waals surface area contributed by atoms with Crippen molar-refractivity contribution in [1.29, 1.82) is 0 Å². The van der Waals surface area contributed by atoms with Gasteiger partial charge < -0.3 is 15.0 Å². The molecule has 0 saturated carbocycles. The van der Waals surface area contributed by atoms with Gasteiger partial charge >= 0.3 is 0 Å². The molecule has 5 nitrogen and oxygen atoms in total. The maximum absolute atomic E-state index is 13.1. The number of likely N-dealkylation sites (tertiary alicyclic amines) is 1. The maximum atomic E-state index is 13.1. The van der Waals surface area contributed by atoms with Crippen molar-refractivity contribution in [2.75, 3.05) is 19.6 Å². The Bertz CT molecular complexity index is 748. The average Bonchev–Trinajstić information content (AvgIpc) is 3.05. The second-order valence-electron chi connectivity index (χ2n) is 8.66. The number of benzene rings is 1. The fourth-order valence-corrected chi connectivity index (χ4v) is 4.41. The third kappa shape index (κ3) is 5.92. The summed E-state index contributed by atoms with van der Waals surface area (Å²) in [5, 5.41) is 3.16. The number of carbonyl (C=O) groups is 2. The molecule has 0 bridgehead atoms. The first kappa shape index (κ1) is 22.0. The van der Waals surface area contributed by atoms with Gasteiger partial charge in [-0.05, 0) is 49.3 Å². The van der Waals surface area contributed by atoms with Crippen molar-refractivity contribution in [1.82, 2.24) is 10.2 Å². The fraction of sp³-hybridized carbons (Fsp3) is 0.636. The van der Waals surface area contributed by atoms with Crippen LogP contribution in [-0.4, -0.2) is 48.1 Å². The molecule has 0 radical (unpaired) electrons. The molecule has 1 aromatic rings. The number of halogens is 2. The Morgan fingerprint density at radius 2 is 2.03 bits per heavy atom. The largest absolute Gasteiger partial charge is 0.370 e. The van der Waals surface area contributed by atoms with Crippen LogP contribution in [0.15, 0.2) is 18.2 Å². The Morgan fingerprint density at radius 1 is 1.31 bits per heavy atom. The van der Waals surface area contributed by atoms with E-state index in [-0.39, 0.29) is 35.0 Å². The summed E-state index contributed by atoms with van der Waals surface area (Å²) in [6, 6.07) is 4.05. The third-order valence-electron chi connectivity index (χ3n) is 5.84. The first-order chi connectivity index (χ1) is 13.8. The number of piperidine rings is 1. The normalized spacial score (nSPS) is 21.0. The van der Waals surface area contributed by atoms with Crippen LogP contribution in [0.1, 0.15) is 51.5 Å². The SMILES string of the molecule is CC(C)CC(=O)N1CCC2(CCC(CNC(=O)Cc3ccc(F)cc3Cl)O2)CC1. The van der Waals surface area contributed by atoms with Crippen LogP contribution in [-0.2, 0) is 20.7 Å². The lowest BCUT2D eigenvalue weighted by atomic mass is 9.88. The Hall–Kier alpha value is -1.66. The predicted molar refractivity (Wildman–Crippen MR) is 110 cm³/mol. The van der Waals surface area contributed by atoms with Crippen LogP contribution in [0.3, 0.4) is 0 Å². The molecule has 1 spiro atoms. The smallest absolute Gasteiger partial charge is 0.224 e. The highest BCUT2D eigenvalue weighted by atomic mass is 35.5. The second-order valence-corrected chi connectivity index (χ2v) is 9.06. The standard InChI is InChI=1S/C22H30ClFN2O3/c1-15(2)11-21(28)26-9-7-22(8-10-26)6-5-18(29-22)14-25-20(27)12-16-3-4-17(24)13-19(16)23/h3-4,13,15,18H,5-12,14H2,1-2H3,(H,25,27). The molecule has 2 heterocycles. The van der Waals surface area contributed by atoms with Crippen molar-refractivity contribution < 1.29 is 18.7 Å². The lowest BCUT2D eigenvalue weighted by molar-refractivity contribution is -0.138. The minimum Gasteiger partial charge on any atom is -0.370 e. The minimum absolute atomic E-state index is 0.0134. The van der Waals surface area contributed by atoms with Crippen LogP contribution < -0.4 is 5.32 Å². The van der Waals surface area contributed by atoms with E-state index >= 15 is 0 Å². The lowest BCUT2D eigenvalue weighted by Crippen LogP contribution is -2.47. The Labute approximate surface area is 176 Å². The zero-order valence-corrected chi connectivity index (χ0v) is 17.9. The first-order valence-electron chi connectivity index (χ1n) is 10.4. The van der Waals surface area contributed by atoms with E-state index in [9.17, 15) is 14.0 Å². The monoisotopic (exact) mass is 424 g/mol. The van der Waals surface area contributed by atoms with Crippen molar-refractivity contribution in [3.8, 4) is 0 Å². The van der Waals surface area contributed by atoms with Gasteiger partial charge in [0.1, 0.15) is 5.82 Å². The Morgan fingerprint density at radius 3 is 2.69 bits per heavy atom. The minimum atomic E-state index is -0.416. The van der Waals surface area contributed by atoms with Crippen LogP contribution in [0.25, 0.3) is 0 Å². The molecule has 2 amide bonds.